The molecule has 0 spiro atoms. The highest BCUT2D eigenvalue weighted by Gasteiger charge is 2.27. The van der Waals surface area contributed by atoms with Gasteiger partial charge in [-0.05, 0) is 57.8 Å². The lowest BCUT2D eigenvalue weighted by atomic mass is 9.82. The molecule has 1 aliphatic carbocycles. The Balaban J connectivity index is 1.83. The smallest absolute Gasteiger partial charge is 0.330 e. The molecule has 1 N–H and O–H groups in total. The molecule has 0 aromatic carbocycles. The number of carboxylic acids is 1. The number of nitrogens with zero attached hydrogens (tertiary/aromatic N) is 5. The van der Waals surface area contributed by atoms with Crippen molar-refractivity contribution >= 4 is 23.0 Å². The molecule has 0 radical (unpaired) electrons. The van der Waals surface area contributed by atoms with Gasteiger partial charge in [0.05, 0.1) is 11.4 Å². The van der Waals surface area contributed by atoms with E-state index < -0.39 is 5.97 Å². The predicted molar refractivity (Wildman–Crippen MR) is 110 cm³/mol. The van der Waals surface area contributed by atoms with E-state index in [1.165, 1.54) is 0 Å². The van der Waals surface area contributed by atoms with Gasteiger partial charge in [-0.2, -0.15) is 0 Å². The third kappa shape index (κ3) is 4.22. The Morgan fingerprint density at radius 2 is 1.86 bits per heavy atom. The third-order valence-corrected chi connectivity index (χ3v) is 5.89. The van der Waals surface area contributed by atoms with Crippen molar-refractivity contribution in [1.29, 1.82) is 0 Å². The largest absolute Gasteiger partial charge is 0.481 e. The van der Waals surface area contributed by atoms with Crippen molar-refractivity contribution in [3.63, 3.8) is 0 Å². The van der Waals surface area contributed by atoms with Crippen LogP contribution in [-0.2, 0) is 18.4 Å². The van der Waals surface area contributed by atoms with E-state index in [9.17, 15) is 14.7 Å². The van der Waals surface area contributed by atoms with Crippen molar-refractivity contribution in [3.8, 4) is 0 Å². The second-order valence-corrected chi connectivity index (χ2v) is 8.25. The van der Waals surface area contributed by atoms with Crippen LogP contribution in [0.3, 0.4) is 0 Å². The van der Waals surface area contributed by atoms with Crippen LogP contribution in [0.4, 0.5) is 5.82 Å². The van der Waals surface area contributed by atoms with Crippen LogP contribution in [-0.4, -0.2) is 64.3 Å². The van der Waals surface area contributed by atoms with Gasteiger partial charge in [0.15, 0.2) is 5.65 Å². The number of likely N-dealkylation sites (N-methyl/N-ethyl adjacent to an activating group) is 2. The van der Waals surface area contributed by atoms with Crippen LogP contribution in [0.1, 0.15) is 25.7 Å². The number of pyridine rings is 1. The van der Waals surface area contributed by atoms with Crippen LogP contribution in [0.5, 0.6) is 0 Å². The Morgan fingerprint density at radius 3 is 2.46 bits per heavy atom. The minimum Gasteiger partial charge on any atom is -0.481 e. The molecule has 0 saturated heterocycles. The molecule has 0 unspecified atom stereocenters. The van der Waals surface area contributed by atoms with E-state index in [0.29, 0.717) is 31.0 Å². The van der Waals surface area contributed by atoms with Crippen molar-refractivity contribution in [2.45, 2.75) is 32.2 Å². The molecule has 0 bridgehead atoms. The standard InChI is InChI=1S/C20H31N5O3/c1-22(2)11-12-23(3)17-10-9-16-18(21-17)25(20(28)24(16)4)13-14-5-7-15(8-6-14)19(26)27/h9-10,14-15H,5-8,11-13H2,1-4H3,(H,26,27). The van der Waals surface area contributed by atoms with Crippen molar-refractivity contribution in [2.75, 3.05) is 39.1 Å². The molecular weight excluding hydrogens is 358 g/mol. The lowest BCUT2D eigenvalue weighted by molar-refractivity contribution is -0.143. The topological polar surface area (TPSA) is 83.6 Å². The number of imidazole rings is 1. The fourth-order valence-corrected chi connectivity index (χ4v) is 3.96. The number of carboxylic acid groups (broad SMARTS) is 1. The highest BCUT2D eigenvalue weighted by molar-refractivity contribution is 5.74. The summed E-state index contributed by atoms with van der Waals surface area (Å²) >= 11 is 0. The molecule has 2 heterocycles. The maximum absolute atomic E-state index is 12.8. The third-order valence-electron chi connectivity index (χ3n) is 5.89. The van der Waals surface area contributed by atoms with E-state index in [0.717, 1.165) is 37.3 Å². The van der Waals surface area contributed by atoms with Crippen molar-refractivity contribution in [1.82, 2.24) is 19.0 Å². The van der Waals surface area contributed by atoms with Crippen LogP contribution in [0.15, 0.2) is 16.9 Å². The highest BCUT2D eigenvalue weighted by atomic mass is 16.4. The van der Waals surface area contributed by atoms with E-state index >= 15 is 0 Å². The molecule has 0 aliphatic heterocycles. The van der Waals surface area contributed by atoms with Gasteiger partial charge in [-0.25, -0.2) is 9.78 Å². The zero-order chi connectivity index (χ0) is 20.4. The molecule has 8 nitrogen and oxygen atoms in total. The van der Waals surface area contributed by atoms with Crippen LogP contribution in [0.25, 0.3) is 11.2 Å². The van der Waals surface area contributed by atoms with E-state index in [2.05, 4.69) is 9.80 Å². The zero-order valence-electron chi connectivity index (χ0n) is 17.3. The zero-order valence-corrected chi connectivity index (χ0v) is 17.3. The normalized spacial score (nSPS) is 20.0. The van der Waals surface area contributed by atoms with E-state index in [4.69, 9.17) is 4.98 Å². The maximum Gasteiger partial charge on any atom is 0.330 e. The Kier molecular flexibility index (Phi) is 6.07. The number of rotatable bonds is 7. The number of aliphatic carboxylic acids is 1. The average molecular weight is 390 g/mol. The molecule has 2 aromatic heterocycles. The SMILES string of the molecule is CN(C)CCN(C)c1ccc2c(n1)n(CC1CCC(C(=O)O)CC1)c(=O)n2C. The Hall–Kier alpha value is -2.35. The maximum atomic E-state index is 12.8. The number of hydrogen-bond donors (Lipinski definition) is 1. The fraction of sp³-hybridized carbons (Fsp3) is 0.650. The first kappa shape index (κ1) is 20.4. The molecule has 8 heteroatoms. The second-order valence-electron chi connectivity index (χ2n) is 8.25. The molecule has 1 aliphatic rings. The van der Waals surface area contributed by atoms with Gasteiger partial charge in [0.1, 0.15) is 5.82 Å². The number of carbonyl (C=O) groups is 1. The molecule has 0 atom stereocenters. The summed E-state index contributed by atoms with van der Waals surface area (Å²) in [4.78, 5) is 33.0. The molecule has 1 saturated carbocycles. The second kappa shape index (κ2) is 8.34. The highest BCUT2D eigenvalue weighted by Crippen LogP contribution is 2.30. The molecular formula is C20H31N5O3. The summed E-state index contributed by atoms with van der Waals surface area (Å²) in [6, 6.07) is 3.92. The van der Waals surface area contributed by atoms with Gasteiger partial charge in [-0.3, -0.25) is 13.9 Å². The fourth-order valence-electron chi connectivity index (χ4n) is 3.96. The van der Waals surface area contributed by atoms with Crippen molar-refractivity contribution in [3.05, 3.63) is 22.6 Å². The van der Waals surface area contributed by atoms with Gasteiger partial charge in [-0.1, -0.05) is 0 Å². The minimum atomic E-state index is -0.701. The number of anilines is 1. The van der Waals surface area contributed by atoms with Crippen LogP contribution in [0.2, 0.25) is 0 Å². The summed E-state index contributed by atoms with van der Waals surface area (Å²) in [6.45, 7) is 2.37. The number of hydrogen-bond acceptors (Lipinski definition) is 5. The number of aromatic nitrogens is 3. The first-order chi connectivity index (χ1) is 13.3. The summed E-state index contributed by atoms with van der Waals surface area (Å²) in [5.41, 5.74) is 1.48. The quantitative estimate of drug-likeness (QED) is 0.775. The minimum absolute atomic E-state index is 0.0593. The van der Waals surface area contributed by atoms with Gasteiger partial charge in [0.25, 0.3) is 0 Å². The summed E-state index contributed by atoms with van der Waals surface area (Å²) in [6.07, 6.45) is 3.04. The monoisotopic (exact) mass is 389 g/mol. The molecule has 154 valence electrons. The average Bonchev–Trinajstić information content (AvgIpc) is 2.91. The summed E-state index contributed by atoms with van der Waals surface area (Å²) in [5, 5.41) is 9.19. The van der Waals surface area contributed by atoms with Gasteiger partial charge < -0.3 is 14.9 Å². The Labute approximate surface area is 165 Å². The van der Waals surface area contributed by atoms with Crippen molar-refractivity contribution in [2.24, 2.45) is 18.9 Å². The van der Waals surface area contributed by atoms with Crippen molar-refractivity contribution < 1.29 is 9.90 Å². The lowest BCUT2D eigenvalue weighted by Gasteiger charge is -2.26. The van der Waals surface area contributed by atoms with E-state index in [-0.39, 0.29) is 11.6 Å². The van der Waals surface area contributed by atoms with Crippen LogP contribution < -0.4 is 10.6 Å². The molecule has 1 fully saturated rings. The summed E-state index contributed by atoms with van der Waals surface area (Å²) in [7, 11) is 7.87. The molecule has 28 heavy (non-hydrogen) atoms. The van der Waals surface area contributed by atoms with E-state index in [1.807, 2.05) is 33.3 Å². The molecule has 3 rings (SSSR count). The molecule has 0 amide bonds. The van der Waals surface area contributed by atoms with Crippen LogP contribution >= 0.6 is 0 Å². The predicted octanol–water partition coefficient (Wildman–Crippen LogP) is 1.62. The number of aryl methyl sites for hydroxylation is 1. The van der Waals surface area contributed by atoms with Gasteiger partial charge in [0, 0.05) is 33.7 Å². The van der Waals surface area contributed by atoms with E-state index in [1.54, 1.807) is 16.2 Å². The Bertz CT molecular complexity index is 893. The van der Waals surface area contributed by atoms with Crippen LogP contribution in [0, 0.1) is 11.8 Å². The first-order valence-corrected chi connectivity index (χ1v) is 9.93. The van der Waals surface area contributed by atoms with Gasteiger partial charge >= 0.3 is 11.7 Å². The van der Waals surface area contributed by atoms with Gasteiger partial charge in [-0.15, -0.1) is 0 Å². The van der Waals surface area contributed by atoms with Gasteiger partial charge in [0.2, 0.25) is 0 Å². The summed E-state index contributed by atoms with van der Waals surface area (Å²) < 4.78 is 3.42. The Morgan fingerprint density at radius 1 is 1.18 bits per heavy atom. The molecule has 2 aromatic rings. The number of fused-ring (bicyclic) bond motifs is 1. The summed E-state index contributed by atoms with van der Waals surface area (Å²) in [5.74, 6) is 0.225. The first-order valence-electron chi connectivity index (χ1n) is 9.93. The lowest BCUT2D eigenvalue weighted by Crippen LogP contribution is -2.29.